The average molecular weight is 313 g/mol. The molecule has 1 unspecified atom stereocenters. The van der Waals surface area contributed by atoms with Gasteiger partial charge in [0.15, 0.2) is 0 Å². The van der Waals surface area contributed by atoms with Gasteiger partial charge >= 0.3 is 0 Å². The summed E-state index contributed by atoms with van der Waals surface area (Å²) in [7, 11) is 1.98. The van der Waals surface area contributed by atoms with E-state index < -0.39 is 0 Å². The maximum absolute atomic E-state index is 6.15. The van der Waals surface area contributed by atoms with E-state index in [1.165, 1.54) is 0 Å². The van der Waals surface area contributed by atoms with Crippen molar-refractivity contribution in [3.63, 3.8) is 0 Å². The van der Waals surface area contributed by atoms with E-state index in [4.69, 9.17) is 16.3 Å². The van der Waals surface area contributed by atoms with Crippen LogP contribution >= 0.6 is 11.6 Å². The summed E-state index contributed by atoms with van der Waals surface area (Å²) in [5.41, 5.74) is 2.17. The Morgan fingerprint density at radius 2 is 1.82 bits per heavy atom. The maximum atomic E-state index is 6.15. The predicted octanol–water partition coefficient (Wildman–Crippen LogP) is 4.38. The minimum Gasteiger partial charge on any atom is -0.361 e. The lowest BCUT2D eigenvalue weighted by Crippen LogP contribution is -2.11. The van der Waals surface area contributed by atoms with Gasteiger partial charge in [-0.25, -0.2) is 4.98 Å². The molecule has 22 heavy (non-hydrogen) atoms. The molecular weight excluding hydrogens is 296 g/mol. The van der Waals surface area contributed by atoms with Crippen LogP contribution in [-0.4, -0.2) is 9.55 Å². The molecule has 1 atom stereocenters. The molecule has 0 amide bonds. The van der Waals surface area contributed by atoms with Gasteiger partial charge in [0.05, 0.1) is 6.61 Å². The number of hydrogen-bond donors (Lipinski definition) is 0. The Hall–Kier alpha value is -2.10. The molecular formula is C18H17ClN2O. The molecule has 0 spiro atoms. The highest BCUT2D eigenvalue weighted by Crippen LogP contribution is 2.25. The van der Waals surface area contributed by atoms with Gasteiger partial charge in [-0.05, 0) is 23.3 Å². The summed E-state index contributed by atoms with van der Waals surface area (Å²) in [6.07, 6.45) is 3.52. The summed E-state index contributed by atoms with van der Waals surface area (Å²) in [6, 6.07) is 17.8. The first-order chi connectivity index (χ1) is 10.7. The van der Waals surface area contributed by atoms with Crippen molar-refractivity contribution in [1.29, 1.82) is 0 Å². The van der Waals surface area contributed by atoms with Gasteiger partial charge in [-0.15, -0.1) is 0 Å². The van der Waals surface area contributed by atoms with Gasteiger partial charge in [0, 0.05) is 24.5 Å². The maximum Gasteiger partial charge on any atom is 0.142 e. The van der Waals surface area contributed by atoms with Crippen molar-refractivity contribution in [2.24, 2.45) is 7.05 Å². The van der Waals surface area contributed by atoms with Gasteiger partial charge in [-0.1, -0.05) is 54.1 Å². The standard InChI is InChI=1S/C18H17ClN2O/c1-21-12-11-20-18(21)17(15-5-3-2-4-6-15)22-13-14-7-9-16(19)10-8-14/h2-12,17H,13H2,1H3. The summed E-state index contributed by atoms with van der Waals surface area (Å²) in [5, 5.41) is 0.729. The first kappa shape index (κ1) is 14.8. The number of halogens is 1. The van der Waals surface area contributed by atoms with Gasteiger partial charge in [0.2, 0.25) is 0 Å². The third-order valence-electron chi connectivity index (χ3n) is 3.53. The van der Waals surface area contributed by atoms with E-state index in [9.17, 15) is 0 Å². The molecule has 0 saturated heterocycles. The van der Waals surface area contributed by atoms with Gasteiger partial charge in [-0.3, -0.25) is 0 Å². The Morgan fingerprint density at radius 3 is 2.45 bits per heavy atom. The molecule has 0 N–H and O–H groups in total. The van der Waals surface area contributed by atoms with Crippen LogP contribution in [0.25, 0.3) is 0 Å². The largest absolute Gasteiger partial charge is 0.361 e. The monoisotopic (exact) mass is 312 g/mol. The minimum atomic E-state index is -0.197. The second-order valence-electron chi connectivity index (χ2n) is 5.12. The van der Waals surface area contributed by atoms with E-state index in [-0.39, 0.29) is 6.10 Å². The van der Waals surface area contributed by atoms with E-state index in [1.54, 1.807) is 6.20 Å². The van der Waals surface area contributed by atoms with E-state index >= 15 is 0 Å². The number of nitrogens with zero attached hydrogens (tertiary/aromatic N) is 2. The summed E-state index contributed by atoms with van der Waals surface area (Å²) >= 11 is 5.92. The Balaban J connectivity index is 1.83. The Kier molecular flexibility index (Phi) is 4.56. The van der Waals surface area contributed by atoms with E-state index in [1.807, 2.05) is 60.3 Å². The van der Waals surface area contributed by atoms with Crippen LogP contribution in [0.5, 0.6) is 0 Å². The molecule has 0 aliphatic heterocycles. The molecule has 0 aliphatic carbocycles. The van der Waals surface area contributed by atoms with Crippen molar-refractivity contribution in [2.75, 3.05) is 0 Å². The van der Waals surface area contributed by atoms with Gasteiger partial charge in [0.25, 0.3) is 0 Å². The first-order valence-corrected chi connectivity index (χ1v) is 7.50. The quantitative estimate of drug-likeness (QED) is 0.699. The molecule has 1 aromatic heterocycles. The summed E-state index contributed by atoms with van der Waals surface area (Å²) in [6.45, 7) is 0.504. The number of aromatic nitrogens is 2. The fourth-order valence-corrected chi connectivity index (χ4v) is 2.46. The van der Waals surface area contributed by atoms with E-state index in [0.717, 1.165) is 22.0 Å². The Bertz CT molecular complexity index is 722. The number of rotatable bonds is 5. The van der Waals surface area contributed by atoms with Crippen molar-refractivity contribution in [3.8, 4) is 0 Å². The molecule has 0 bridgehead atoms. The van der Waals surface area contributed by atoms with Crippen molar-refractivity contribution in [3.05, 3.63) is 89.0 Å². The van der Waals surface area contributed by atoms with Crippen LogP contribution in [0.4, 0.5) is 0 Å². The normalized spacial score (nSPS) is 12.3. The molecule has 4 heteroatoms. The van der Waals surface area contributed by atoms with Gasteiger partial charge in [0.1, 0.15) is 11.9 Å². The molecule has 3 aromatic rings. The third kappa shape index (κ3) is 3.38. The van der Waals surface area contributed by atoms with E-state index in [2.05, 4.69) is 17.1 Å². The Labute approximate surface area is 135 Å². The fourth-order valence-electron chi connectivity index (χ4n) is 2.34. The molecule has 3 nitrogen and oxygen atoms in total. The highest BCUT2D eigenvalue weighted by molar-refractivity contribution is 6.30. The lowest BCUT2D eigenvalue weighted by molar-refractivity contribution is 0.0593. The topological polar surface area (TPSA) is 27.1 Å². The van der Waals surface area contributed by atoms with Crippen molar-refractivity contribution < 1.29 is 4.74 Å². The van der Waals surface area contributed by atoms with Crippen LogP contribution < -0.4 is 0 Å². The van der Waals surface area contributed by atoms with Crippen LogP contribution in [0.3, 0.4) is 0 Å². The van der Waals surface area contributed by atoms with Gasteiger partial charge < -0.3 is 9.30 Å². The zero-order valence-electron chi connectivity index (χ0n) is 12.3. The summed E-state index contributed by atoms with van der Waals surface area (Å²) in [4.78, 5) is 4.44. The van der Waals surface area contributed by atoms with Crippen molar-refractivity contribution >= 4 is 11.6 Å². The van der Waals surface area contributed by atoms with Crippen LogP contribution in [0, 0.1) is 0 Å². The van der Waals surface area contributed by atoms with Crippen LogP contribution in [0.15, 0.2) is 67.0 Å². The number of imidazole rings is 1. The number of benzene rings is 2. The molecule has 0 radical (unpaired) electrons. The number of ether oxygens (including phenoxy) is 1. The lowest BCUT2D eigenvalue weighted by Gasteiger charge is -2.18. The highest BCUT2D eigenvalue weighted by Gasteiger charge is 2.18. The number of aryl methyl sites for hydroxylation is 1. The van der Waals surface area contributed by atoms with Crippen LogP contribution in [0.1, 0.15) is 23.1 Å². The molecule has 2 aromatic carbocycles. The second-order valence-corrected chi connectivity index (χ2v) is 5.56. The smallest absolute Gasteiger partial charge is 0.142 e. The third-order valence-corrected chi connectivity index (χ3v) is 3.78. The molecule has 0 aliphatic rings. The zero-order valence-corrected chi connectivity index (χ0v) is 13.1. The average Bonchev–Trinajstić information content (AvgIpc) is 2.97. The van der Waals surface area contributed by atoms with E-state index in [0.29, 0.717) is 6.61 Å². The molecule has 112 valence electrons. The molecule has 0 fully saturated rings. The molecule has 1 heterocycles. The minimum absolute atomic E-state index is 0.197. The summed E-state index contributed by atoms with van der Waals surface area (Å²) < 4.78 is 8.14. The first-order valence-electron chi connectivity index (χ1n) is 7.12. The fraction of sp³-hybridized carbons (Fsp3) is 0.167. The summed E-state index contributed by atoms with van der Waals surface area (Å²) in [5.74, 6) is 0.889. The SMILES string of the molecule is Cn1ccnc1C(OCc1ccc(Cl)cc1)c1ccccc1. The predicted molar refractivity (Wildman–Crippen MR) is 87.7 cm³/mol. The van der Waals surface area contributed by atoms with Crippen LogP contribution in [0.2, 0.25) is 5.02 Å². The van der Waals surface area contributed by atoms with Crippen LogP contribution in [-0.2, 0) is 18.4 Å². The lowest BCUT2D eigenvalue weighted by atomic mass is 10.1. The zero-order chi connectivity index (χ0) is 15.4. The second kappa shape index (κ2) is 6.77. The Morgan fingerprint density at radius 1 is 1.09 bits per heavy atom. The number of hydrogen-bond acceptors (Lipinski definition) is 2. The molecule has 3 rings (SSSR count). The molecule has 0 saturated carbocycles. The van der Waals surface area contributed by atoms with Gasteiger partial charge in [-0.2, -0.15) is 0 Å². The van der Waals surface area contributed by atoms with Crippen molar-refractivity contribution in [1.82, 2.24) is 9.55 Å². The highest BCUT2D eigenvalue weighted by atomic mass is 35.5. The van der Waals surface area contributed by atoms with Crippen molar-refractivity contribution in [2.45, 2.75) is 12.7 Å².